The minimum absolute atomic E-state index is 0.0196. The van der Waals surface area contributed by atoms with E-state index < -0.39 is 17.7 Å². The zero-order valence-electron chi connectivity index (χ0n) is 20.0. The van der Waals surface area contributed by atoms with E-state index in [1.807, 2.05) is 62.4 Å². The number of rotatable bonds is 6. The standard InChI is InChI=1S/C30H25NO5/c1-19-8-6-11-23(16-19)31-27(25-12-7-15-35-25)26(29(33)30(31)34)28(32)22-13-14-24(20(2)17-22)36-18-21-9-4-3-5-10-21/h3-17,27,32H,18H2,1-2H3/b28-26-. The lowest BCUT2D eigenvalue weighted by Gasteiger charge is -2.23. The highest BCUT2D eigenvalue weighted by Crippen LogP contribution is 2.42. The summed E-state index contributed by atoms with van der Waals surface area (Å²) in [7, 11) is 0. The van der Waals surface area contributed by atoms with Crippen LogP contribution in [0.5, 0.6) is 5.75 Å². The van der Waals surface area contributed by atoms with Gasteiger partial charge in [0.2, 0.25) is 0 Å². The number of carbonyl (C=O) groups is 2. The Morgan fingerprint density at radius 3 is 2.44 bits per heavy atom. The summed E-state index contributed by atoms with van der Waals surface area (Å²) in [6, 6.07) is 24.8. The molecule has 4 aromatic rings. The highest BCUT2D eigenvalue weighted by atomic mass is 16.5. The van der Waals surface area contributed by atoms with Crippen LogP contribution < -0.4 is 9.64 Å². The van der Waals surface area contributed by atoms with Crippen molar-refractivity contribution < 1.29 is 23.8 Å². The Morgan fingerprint density at radius 1 is 0.944 bits per heavy atom. The van der Waals surface area contributed by atoms with Crippen LogP contribution in [0.3, 0.4) is 0 Å². The van der Waals surface area contributed by atoms with E-state index in [0.29, 0.717) is 29.4 Å². The molecule has 0 spiro atoms. The van der Waals surface area contributed by atoms with Gasteiger partial charge in [0.1, 0.15) is 29.9 Å². The van der Waals surface area contributed by atoms with Gasteiger partial charge in [0, 0.05) is 11.3 Å². The number of ether oxygens (including phenoxy) is 1. The summed E-state index contributed by atoms with van der Waals surface area (Å²) < 4.78 is 11.6. The molecule has 1 aromatic heterocycles. The number of benzene rings is 3. The first-order chi connectivity index (χ1) is 17.4. The number of hydrogen-bond donors (Lipinski definition) is 1. The van der Waals surface area contributed by atoms with Gasteiger partial charge in [-0.15, -0.1) is 0 Å². The maximum atomic E-state index is 13.2. The molecular weight excluding hydrogens is 454 g/mol. The van der Waals surface area contributed by atoms with Crippen LogP contribution in [0.25, 0.3) is 5.76 Å². The van der Waals surface area contributed by atoms with E-state index in [2.05, 4.69) is 0 Å². The number of anilines is 1. The third kappa shape index (κ3) is 4.29. The lowest BCUT2D eigenvalue weighted by molar-refractivity contribution is -0.132. The zero-order valence-corrected chi connectivity index (χ0v) is 20.0. The average Bonchev–Trinajstić information content (AvgIpc) is 3.50. The second kappa shape index (κ2) is 9.58. The summed E-state index contributed by atoms with van der Waals surface area (Å²) in [6.07, 6.45) is 1.48. The van der Waals surface area contributed by atoms with Gasteiger partial charge < -0.3 is 14.3 Å². The van der Waals surface area contributed by atoms with Gasteiger partial charge in [0.25, 0.3) is 11.7 Å². The number of Topliss-reactive ketones (excluding diaryl/α,β-unsaturated/α-hetero) is 1. The van der Waals surface area contributed by atoms with E-state index in [4.69, 9.17) is 9.15 Å². The molecule has 180 valence electrons. The summed E-state index contributed by atoms with van der Waals surface area (Å²) >= 11 is 0. The van der Waals surface area contributed by atoms with E-state index in [9.17, 15) is 14.7 Å². The van der Waals surface area contributed by atoms with E-state index >= 15 is 0 Å². The first-order valence-electron chi connectivity index (χ1n) is 11.6. The Kier molecular flexibility index (Phi) is 6.17. The quantitative estimate of drug-likeness (QED) is 0.205. The molecule has 6 heteroatoms. The van der Waals surface area contributed by atoms with Gasteiger partial charge in [-0.05, 0) is 73.0 Å². The molecule has 1 unspecified atom stereocenters. The van der Waals surface area contributed by atoms with Crippen molar-refractivity contribution in [1.82, 2.24) is 0 Å². The Bertz CT molecular complexity index is 1450. The van der Waals surface area contributed by atoms with Crippen LogP contribution in [-0.2, 0) is 16.2 Å². The number of furan rings is 1. The lowest BCUT2D eigenvalue weighted by Crippen LogP contribution is -2.29. The lowest BCUT2D eigenvalue weighted by atomic mass is 9.98. The van der Waals surface area contributed by atoms with Crippen LogP contribution in [0.15, 0.2) is 101 Å². The average molecular weight is 480 g/mol. The minimum Gasteiger partial charge on any atom is -0.507 e. The molecule has 0 saturated carbocycles. The highest BCUT2D eigenvalue weighted by molar-refractivity contribution is 6.51. The van der Waals surface area contributed by atoms with Crippen molar-refractivity contribution >= 4 is 23.1 Å². The fraction of sp³-hybridized carbons (Fsp3) is 0.133. The predicted octanol–water partition coefficient (Wildman–Crippen LogP) is 6.10. The van der Waals surface area contributed by atoms with Crippen LogP contribution in [-0.4, -0.2) is 16.8 Å². The number of aryl methyl sites for hydroxylation is 2. The zero-order chi connectivity index (χ0) is 25.2. The van der Waals surface area contributed by atoms with Crippen molar-refractivity contribution in [2.75, 3.05) is 4.90 Å². The molecule has 0 bridgehead atoms. The molecule has 36 heavy (non-hydrogen) atoms. The van der Waals surface area contributed by atoms with E-state index in [1.165, 1.54) is 11.2 Å². The van der Waals surface area contributed by atoms with Gasteiger partial charge >= 0.3 is 0 Å². The predicted molar refractivity (Wildman–Crippen MR) is 137 cm³/mol. The van der Waals surface area contributed by atoms with Gasteiger partial charge in [-0.25, -0.2) is 0 Å². The van der Waals surface area contributed by atoms with Crippen molar-refractivity contribution in [2.24, 2.45) is 0 Å². The fourth-order valence-electron chi connectivity index (χ4n) is 4.44. The van der Waals surface area contributed by atoms with Gasteiger partial charge in [-0.3, -0.25) is 14.5 Å². The van der Waals surface area contributed by atoms with E-state index in [0.717, 1.165) is 16.7 Å². The van der Waals surface area contributed by atoms with E-state index in [-0.39, 0.29) is 11.3 Å². The topological polar surface area (TPSA) is 80.0 Å². The van der Waals surface area contributed by atoms with Crippen molar-refractivity contribution in [3.63, 3.8) is 0 Å². The number of ketones is 1. The molecule has 1 aliphatic heterocycles. The SMILES string of the molecule is Cc1cccc(N2C(=O)C(=O)/C(=C(\O)c3ccc(OCc4ccccc4)c(C)c3)C2c2ccco2)c1. The summed E-state index contributed by atoms with van der Waals surface area (Å²) in [5.41, 5.74) is 3.72. The van der Waals surface area contributed by atoms with E-state index in [1.54, 1.807) is 36.4 Å². The molecule has 1 saturated heterocycles. The first kappa shape index (κ1) is 23.2. The first-order valence-corrected chi connectivity index (χ1v) is 11.6. The molecule has 1 atom stereocenters. The Labute approximate surface area is 209 Å². The van der Waals surface area contributed by atoms with Crippen LogP contribution in [0.1, 0.15) is 34.1 Å². The third-order valence-electron chi connectivity index (χ3n) is 6.22. The van der Waals surface area contributed by atoms with Crippen molar-refractivity contribution in [2.45, 2.75) is 26.5 Å². The summed E-state index contributed by atoms with van der Waals surface area (Å²) in [4.78, 5) is 27.8. The molecule has 1 amide bonds. The monoisotopic (exact) mass is 479 g/mol. The van der Waals surface area contributed by atoms with Gasteiger partial charge in [-0.1, -0.05) is 42.5 Å². The summed E-state index contributed by atoms with van der Waals surface area (Å²) in [5, 5.41) is 11.3. The number of amides is 1. The maximum absolute atomic E-state index is 13.2. The summed E-state index contributed by atoms with van der Waals surface area (Å²) in [5.74, 6) is -0.696. The van der Waals surface area contributed by atoms with Crippen LogP contribution in [0, 0.1) is 13.8 Å². The Hall–Kier alpha value is -4.58. The van der Waals surface area contributed by atoms with Gasteiger partial charge in [0.05, 0.1) is 11.8 Å². The van der Waals surface area contributed by atoms with Gasteiger partial charge in [-0.2, -0.15) is 0 Å². The molecule has 2 heterocycles. The van der Waals surface area contributed by atoms with Crippen LogP contribution >= 0.6 is 0 Å². The second-order valence-corrected chi connectivity index (χ2v) is 8.78. The molecule has 0 aliphatic carbocycles. The molecule has 3 aromatic carbocycles. The number of hydrogen-bond acceptors (Lipinski definition) is 5. The molecule has 1 aliphatic rings. The number of nitrogens with zero attached hydrogens (tertiary/aromatic N) is 1. The Morgan fingerprint density at radius 2 is 1.75 bits per heavy atom. The van der Waals surface area contributed by atoms with Crippen molar-refractivity contribution in [1.29, 1.82) is 0 Å². The molecule has 5 rings (SSSR count). The number of aliphatic hydroxyl groups is 1. The molecule has 0 radical (unpaired) electrons. The third-order valence-corrected chi connectivity index (χ3v) is 6.22. The molecular formula is C30H25NO5. The van der Waals surface area contributed by atoms with Crippen LogP contribution in [0.2, 0.25) is 0 Å². The molecule has 6 nitrogen and oxygen atoms in total. The minimum atomic E-state index is -0.892. The largest absolute Gasteiger partial charge is 0.507 e. The molecule has 1 N–H and O–H groups in total. The fourth-order valence-corrected chi connectivity index (χ4v) is 4.44. The summed E-state index contributed by atoms with van der Waals surface area (Å²) in [6.45, 7) is 4.19. The number of aliphatic hydroxyl groups excluding tert-OH is 1. The van der Waals surface area contributed by atoms with Gasteiger partial charge in [0.15, 0.2) is 0 Å². The normalized spacial score (nSPS) is 16.9. The van der Waals surface area contributed by atoms with Crippen molar-refractivity contribution in [3.05, 3.63) is 125 Å². The van der Waals surface area contributed by atoms with Crippen molar-refractivity contribution in [3.8, 4) is 5.75 Å². The molecule has 1 fully saturated rings. The number of carbonyl (C=O) groups excluding carboxylic acids is 2. The highest BCUT2D eigenvalue weighted by Gasteiger charge is 2.48. The van der Waals surface area contributed by atoms with Crippen LogP contribution in [0.4, 0.5) is 5.69 Å². The Balaban J connectivity index is 1.53. The smallest absolute Gasteiger partial charge is 0.300 e. The second-order valence-electron chi connectivity index (χ2n) is 8.78. The maximum Gasteiger partial charge on any atom is 0.300 e.